The van der Waals surface area contributed by atoms with Crippen molar-refractivity contribution in [2.75, 3.05) is 40.0 Å². The van der Waals surface area contributed by atoms with Gasteiger partial charge in [0.25, 0.3) is 0 Å². The van der Waals surface area contributed by atoms with Gasteiger partial charge in [-0.1, -0.05) is 38.1 Å². The van der Waals surface area contributed by atoms with E-state index in [2.05, 4.69) is 53.7 Å². The van der Waals surface area contributed by atoms with Gasteiger partial charge in [-0.15, -0.1) is 0 Å². The standard InChI is InChI=1S/C22H37N3O2/c1-18(2)20-9-7-19(8-10-20)6-4-13-24-22(23-3)25-14-5-15-27-21-11-16-26-17-12-21/h7-10,18,21H,4-6,11-17H2,1-3H3,(H2,23,24,25). The summed E-state index contributed by atoms with van der Waals surface area (Å²) in [5, 5.41) is 6.75. The van der Waals surface area contributed by atoms with E-state index in [9.17, 15) is 0 Å². The van der Waals surface area contributed by atoms with Crippen LogP contribution in [-0.2, 0) is 15.9 Å². The Bertz CT molecular complexity index is 537. The Labute approximate surface area is 164 Å². The Morgan fingerprint density at radius 2 is 1.78 bits per heavy atom. The highest BCUT2D eigenvalue weighted by Gasteiger charge is 2.13. The molecule has 1 fully saturated rings. The van der Waals surface area contributed by atoms with Crippen molar-refractivity contribution < 1.29 is 9.47 Å². The van der Waals surface area contributed by atoms with Gasteiger partial charge in [-0.25, -0.2) is 0 Å². The normalized spacial score (nSPS) is 15.9. The van der Waals surface area contributed by atoms with Crippen molar-refractivity contribution in [3.63, 3.8) is 0 Å². The number of aliphatic imine (C=N–C) groups is 1. The van der Waals surface area contributed by atoms with Gasteiger partial charge in [0.1, 0.15) is 0 Å². The zero-order valence-electron chi connectivity index (χ0n) is 17.3. The van der Waals surface area contributed by atoms with E-state index in [1.165, 1.54) is 11.1 Å². The molecule has 1 heterocycles. The third-order valence-corrected chi connectivity index (χ3v) is 4.94. The second-order valence-electron chi connectivity index (χ2n) is 7.46. The Morgan fingerprint density at radius 1 is 1.11 bits per heavy atom. The molecule has 0 spiro atoms. The maximum Gasteiger partial charge on any atom is 0.190 e. The summed E-state index contributed by atoms with van der Waals surface area (Å²) in [7, 11) is 1.82. The van der Waals surface area contributed by atoms with Crippen LogP contribution in [-0.4, -0.2) is 52.0 Å². The number of guanidine groups is 1. The molecule has 5 heteroatoms. The molecule has 1 aliphatic heterocycles. The highest BCUT2D eigenvalue weighted by Crippen LogP contribution is 2.15. The van der Waals surface area contributed by atoms with Crippen LogP contribution in [0.25, 0.3) is 0 Å². The van der Waals surface area contributed by atoms with Crippen LogP contribution < -0.4 is 10.6 Å². The third-order valence-electron chi connectivity index (χ3n) is 4.94. The topological polar surface area (TPSA) is 54.9 Å². The van der Waals surface area contributed by atoms with Gasteiger partial charge in [-0.2, -0.15) is 0 Å². The highest BCUT2D eigenvalue weighted by atomic mass is 16.5. The summed E-state index contributed by atoms with van der Waals surface area (Å²) in [4.78, 5) is 4.29. The second-order valence-corrected chi connectivity index (χ2v) is 7.46. The lowest BCUT2D eigenvalue weighted by atomic mass is 10.0. The fourth-order valence-corrected chi connectivity index (χ4v) is 3.16. The third kappa shape index (κ3) is 8.76. The molecular weight excluding hydrogens is 338 g/mol. The predicted molar refractivity (Wildman–Crippen MR) is 113 cm³/mol. The second kappa shape index (κ2) is 12.7. The highest BCUT2D eigenvalue weighted by molar-refractivity contribution is 5.79. The van der Waals surface area contributed by atoms with E-state index >= 15 is 0 Å². The number of hydrogen-bond donors (Lipinski definition) is 2. The van der Waals surface area contributed by atoms with Gasteiger partial charge in [0.15, 0.2) is 5.96 Å². The van der Waals surface area contributed by atoms with Gasteiger partial charge >= 0.3 is 0 Å². The Morgan fingerprint density at radius 3 is 2.41 bits per heavy atom. The molecule has 27 heavy (non-hydrogen) atoms. The van der Waals surface area contributed by atoms with E-state index in [0.29, 0.717) is 12.0 Å². The molecule has 0 unspecified atom stereocenters. The van der Waals surface area contributed by atoms with E-state index in [4.69, 9.17) is 9.47 Å². The smallest absolute Gasteiger partial charge is 0.190 e. The molecule has 152 valence electrons. The molecule has 1 saturated heterocycles. The minimum absolute atomic E-state index is 0.380. The molecule has 0 radical (unpaired) electrons. The fourth-order valence-electron chi connectivity index (χ4n) is 3.16. The predicted octanol–water partition coefficient (Wildman–Crippen LogP) is 3.49. The lowest BCUT2D eigenvalue weighted by Crippen LogP contribution is -2.38. The van der Waals surface area contributed by atoms with Gasteiger partial charge in [0.2, 0.25) is 0 Å². The van der Waals surface area contributed by atoms with Crippen molar-refractivity contribution in [1.29, 1.82) is 0 Å². The summed E-state index contributed by atoms with van der Waals surface area (Å²) >= 11 is 0. The molecule has 1 aliphatic rings. The molecule has 0 saturated carbocycles. The molecule has 0 aliphatic carbocycles. The van der Waals surface area contributed by atoms with Crippen LogP contribution in [0.15, 0.2) is 29.3 Å². The Kier molecular flexibility index (Phi) is 10.2. The van der Waals surface area contributed by atoms with Crippen LogP contribution in [0.5, 0.6) is 0 Å². The molecule has 1 aromatic rings. The molecule has 0 bridgehead atoms. The van der Waals surface area contributed by atoms with Crippen LogP contribution >= 0.6 is 0 Å². The van der Waals surface area contributed by atoms with Crippen molar-refractivity contribution >= 4 is 5.96 Å². The van der Waals surface area contributed by atoms with Crippen molar-refractivity contribution in [1.82, 2.24) is 10.6 Å². The lowest BCUT2D eigenvalue weighted by molar-refractivity contribution is -0.0320. The first-order valence-electron chi connectivity index (χ1n) is 10.4. The maximum atomic E-state index is 5.89. The Hall–Kier alpha value is -1.59. The van der Waals surface area contributed by atoms with E-state index in [0.717, 1.165) is 71.0 Å². The fraction of sp³-hybridized carbons (Fsp3) is 0.682. The number of nitrogens with zero attached hydrogens (tertiary/aromatic N) is 1. The molecule has 5 nitrogen and oxygen atoms in total. The maximum absolute atomic E-state index is 5.89. The SMILES string of the molecule is CN=C(NCCCOC1CCOCC1)NCCCc1ccc(C(C)C)cc1. The first kappa shape index (κ1) is 21.7. The summed E-state index contributed by atoms with van der Waals surface area (Å²) in [6, 6.07) is 8.99. The summed E-state index contributed by atoms with van der Waals surface area (Å²) in [6.45, 7) is 8.72. The molecular formula is C22H37N3O2. The van der Waals surface area contributed by atoms with E-state index in [1.54, 1.807) is 0 Å². The number of benzene rings is 1. The first-order chi connectivity index (χ1) is 13.2. The summed E-state index contributed by atoms with van der Waals surface area (Å²) < 4.78 is 11.2. The number of hydrogen-bond acceptors (Lipinski definition) is 3. The van der Waals surface area contributed by atoms with E-state index in [-0.39, 0.29) is 0 Å². The lowest BCUT2D eigenvalue weighted by Gasteiger charge is -2.22. The van der Waals surface area contributed by atoms with Crippen molar-refractivity contribution in [3.8, 4) is 0 Å². The first-order valence-corrected chi connectivity index (χ1v) is 10.4. The summed E-state index contributed by atoms with van der Waals surface area (Å²) in [5.74, 6) is 1.47. The summed E-state index contributed by atoms with van der Waals surface area (Å²) in [6.07, 6.45) is 5.59. The number of nitrogens with one attached hydrogen (secondary N) is 2. The number of ether oxygens (including phenoxy) is 2. The van der Waals surface area contributed by atoms with Crippen LogP contribution in [0, 0.1) is 0 Å². The average molecular weight is 376 g/mol. The molecule has 2 rings (SSSR count). The van der Waals surface area contributed by atoms with Gasteiger partial charge in [0.05, 0.1) is 6.10 Å². The minimum Gasteiger partial charge on any atom is -0.381 e. The van der Waals surface area contributed by atoms with Crippen LogP contribution in [0.4, 0.5) is 0 Å². The zero-order valence-corrected chi connectivity index (χ0v) is 17.3. The molecule has 0 aromatic heterocycles. The van der Waals surface area contributed by atoms with Gasteiger partial charge in [0, 0.05) is 40.0 Å². The zero-order chi connectivity index (χ0) is 19.3. The van der Waals surface area contributed by atoms with Crippen LogP contribution in [0.3, 0.4) is 0 Å². The average Bonchev–Trinajstić information content (AvgIpc) is 2.70. The van der Waals surface area contributed by atoms with Crippen molar-refractivity contribution in [3.05, 3.63) is 35.4 Å². The molecule has 1 aromatic carbocycles. The monoisotopic (exact) mass is 375 g/mol. The molecule has 0 atom stereocenters. The van der Waals surface area contributed by atoms with Gasteiger partial charge in [-0.3, -0.25) is 4.99 Å². The van der Waals surface area contributed by atoms with Crippen LogP contribution in [0.1, 0.15) is 56.6 Å². The largest absolute Gasteiger partial charge is 0.381 e. The van der Waals surface area contributed by atoms with Crippen molar-refractivity contribution in [2.24, 2.45) is 4.99 Å². The van der Waals surface area contributed by atoms with E-state index in [1.807, 2.05) is 7.05 Å². The quantitative estimate of drug-likeness (QED) is 0.373. The van der Waals surface area contributed by atoms with Gasteiger partial charge in [-0.05, 0) is 49.1 Å². The van der Waals surface area contributed by atoms with Gasteiger partial charge < -0.3 is 20.1 Å². The van der Waals surface area contributed by atoms with E-state index < -0.39 is 0 Å². The number of rotatable bonds is 10. The molecule has 2 N–H and O–H groups in total. The minimum atomic E-state index is 0.380. The Balaban J connectivity index is 1.52. The molecule has 0 amide bonds. The van der Waals surface area contributed by atoms with Crippen LogP contribution in [0.2, 0.25) is 0 Å². The summed E-state index contributed by atoms with van der Waals surface area (Å²) in [5.41, 5.74) is 2.80. The number of aryl methyl sites for hydroxylation is 1. The van der Waals surface area contributed by atoms with Crippen molar-refractivity contribution in [2.45, 2.75) is 58.0 Å².